The second-order valence-corrected chi connectivity index (χ2v) is 6.50. The highest BCUT2D eigenvalue weighted by Crippen LogP contribution is 2.21. The lowest BCUT2D eigenvalue weighted by Crippen LogP contribution is -2.39. The number of benzene rings is 1. The third kappa shape index (κ3) is 3.03. The van der Waals surface area contributed by atoms with Crippen LogP contribution in [-0.4, -0.2) is 24.3 Å². The van der Waals surface area contributed by atoms with Gasteiger partial charge in [0.15, 0.2) is 0 Å². The van der Waals surface area contributed by atoms with Crippen LogP contribution in [0.2, 0.25) is 0 Å². The molecule has 2 heterocycles. The molecule has 21 heavy (non-hydrogen) atoms. The van der Waals surface area contributed by atoms with Gasteiger partial charge in [-0.15, -0.1) is 0 Å². The molecule has 0 fully saturated rings. The molecular weight excluding hydrogens is 293 g/mol. The van der Waals surface area contributed by atoms with Crippen LogP contribution < -0.4 is 4.72 Å². The van der Waals surface area contributed by atoms with Crippen LogP contribution in [0.15, 0.2) is 42.6 Å². The van der Waals surface area contributed by atoms with Crippen LogP contribution in [0.25, 0.3) is 0 Å². The molecule has 110 valence electrons. The normalized spacial score (nSPS) is 15.5. The van der Waals surface area contributed by atoms with Gasteiger partial charge < -0.3 is 0 Å². The van der Waals surface area contributed by atoms with E-state index in [2.05, 4.69) is 9.71 Å². The predicted molar refractivity (Wildman–Crippen MR) is 77.3 cm³/mol. The summed E-state index contributed by atoms with van der Waals surface area (Å²) in [5, 5.41) is 0. The molecule has 1 aliphatic rings. The summed E-state index contributed by atoms with van der Waals surface area (Å²) < 4.78 is 41.2. The number of rotatable bonds is 3. The molecule has 1 N–H and O–H groups in total. The Hall–Kier alpha value is -1.99. The van der Waals surface area contributed by atoms with Gasteiger partial charge in [-0.25, -0.2) is 4.98 Å². The molecular formula is C14H14FN3O2S. The van der Waals surface area contributed by atoms with Crippen molar-refractivity contribution in [3.63, 3.8) is 0 Å². The first-order valence-electron chi connectivity index (χ1n) is 6.51. The van der Waals surface area contributed by atoms with Crippen molar-refractivity contribution in [1.29, 1.82) is 0 Å². The Balaban J connectivity index is 1.78. The van der Waals surface area contributed by atoms with E-state index in [0.29, 0.717) is 19.5 Å². The van der Waals surface area contributed by atoms with E-state index in [1.807, 2.05) is 24.3 Å². The molecule has 0 aliphatic carbocycles. The van der Waals surface area contributed by atoms with Crippen molar-refractivity contribution in [3.8, 4) is 0 Å². The van der Waals surface area contributed by atoms with Crippen LogP contribution in [0.5, 0.6) is 0 Å². The van der Waals surface area contributed by atoms with Crippen LogP contribution in [0.4, 0.5) is 10.1 Å². The van der Waals surface area contributed by atoms with E-state index in [9.17, 15) is 12.8 Å². The van der Waals surface area contributed by atoms with Crippen LogP contribution in [0.1, 0.15) is 11.1 Å². The molecule has 0 bridgehead atoms. The van der Waals surface area contributed by atoms with E-state index in [1.165, 1.54) is 15.9 Å². The summed E-state index contributed by atoms with van der Waals surface area (Å²) in [4.78, 5) is 3.43. The lowest BCUT2D eigenvalue weighted by molar-refractivity contribution is 0.394. The molecule has 0 radical (unpaired) electrons. The topological polar surface area (TPSA) is 62.3 Å². The van der Waals surface area contributed by atoms with E-state index in [-0.39, 0.29) is 5.69 Å². The minimum absolute atomic E-state index is 0.246. The molecule has 0 saturated carbocycles. The number of anilines is 1. The molecule has 0 atom stereocenters. The summed E-state index contributed by atoms with van der Waals surface area (Å²) in [6.07, 6.45) is 1.84. The molecule has 1 aliphatic heterocycles. The first kappa shape index (κ1) is 14.0. The summed E-state index contributed by atoms with van der Waals surface area (Å²) in [7, 11) is -3.67. The first-order valence-corrected chi connectivity index (χ1v) is 7.95. The van der Waals surface area contributed by atoms with Gasteiger partial charge in [0.25, 0.3) is 0 Å². The molecule has 3 rings (SSSR count). The van der Waals surface area contributed by atoms with Gasteiger partial charge in [-0.1, -0.05) is 24.3 Å². The Morgan fingerprint density at radius 1 is 1.14 bits per heavy atom. The third-order valence-corrected chi connectivity index (χ3v) is 4.89. The minimum atomic E-state index is -3.67. The number of nitrogens with one attached hydrogen (secondary N) is 1. The smallest absolute Gasteiger partial charge is 0.269 e. The fraction of sp³-hybridized carbons (Fsp3) is 0.214. The van der Waals surface area contributed by atoms with Crippen molar-refractivity contribution >= 4 is 15.9 Å². The van der Waals surface area contributed by atoms with Gasteiger partial charge in [0.1, 0.15) is 0 Å². The second kappa shape index (κ2) is 5.42. The van der Waals surface area contributed by atoms with E-state index in [1.54, 1.807) is 0 Å². The van der Waals surface area contributed by atoms with Crippen LogP contribution in [-0.2, 0) is 23.2 Å². The van der Waals surface area contributed by atoms with Crippen molar-refractivity contribution in [3.05, 3.63) is 59.7 Å². The van der Waals surface area contributed by atoms with Crippen molar-refractivity contribution in [1.82, 2.24) is 9.29 Å². The van der Waals surface area contributed by atoms with Gasteiger partial charge >= 0.3 is 10.2 Å². The van der Waals surface area contributed by atoms with Crippen LogP contribution in [0.3, 0.4) is 0 Å². The van der Waals surface area contributed by atoms with E-state index >= 15 is 0 Å². The third-order valence-electron chi connectivity index (χ3n) is 3.41. The fourth-order valence-electron chi connectivity index (χ4n) is 2.32. The summed E-state index contributed by atoms with van der Waals surface area (Å²) in [6, 6.07) is 10.2. The molecule has 2 aromatic rings. The highest BCUT2D eigenvalue weighted by Gasteiger charge is 2.26. The average Bonchev–Trinajstić information content (AvgIpc) is 2.49. The molecule has 5 nitrogen and oxygen atoms in total. The van der Waals surface area contributed by atoms with Gasteiger partial charge in [-0.2, -0.15) is 17.1 Å². The maximum Gasteiger partial charge on any atom is 0.301 e. The van der Waals surface area contributed by atoms with Gasteiger partial charge in [-0.3, -0.25) is 4.72 Å². The first-order chi connectivity index (χ1) is 10.0. The number of hydrogen-bond donors (Lipinski definition) is 1. The molecule has 7 heteroatoms. The molecule has 0 unspecified atom stereocenters. The van der Waals surface area contributed by atoms with Crippen molar-refractivity contribution in [2.75, 3.05) is 11.3 Å². The second-order valence-electron chi connectivity index (χ2n) is 4.83. The lowest BCUT2D eigenvalue weighted by Gasteiger charge is -2.28. The Labute approximate surface area is 122 Å². The molecule has 1 aromatic carbocycles. The van der Waals surface area contributed by atoms with Gasteiger partial charge in [0, 0.05) is 13.1 Å². The fourth-order valence-corrected chi connectivity index (χ4v) is 3.51. The zero-order valence-electron chi connectivity index (χ0n) is 11.2. The number of nitrogens with zero attached hydrogens (tertiary/aromatic N) is 2. The van der Waals surface area contributed by atoms with E-state index in [4.69, 9.17) is 0 Å². The van der Waals surface area contributed by atoms with Crippen LogP contribution in [0, 0.1) is 5.95 Å². The Bertz CT molecular complexity index is 747. The Morgan fingerprint density at radius 2 is 1.90 bits per heavy atom. The monoisotopic (exact) mass is 307 g/mol. The maximum absolute atomic E-state index is 12.7. The molecule has 0 spiro atoms. The average molecular weight is 307 g/mol. The number of pyridine rings is 1. The largest absolute Gasteiger partial charge is 0.301 e. The molecule has 1 aromatic heterocycles. The summed E-state index contributed by atoms with van der Waals surface area (Å²) >= 11 is 0. The summed E-state index contributed by atoms with van der Waals surface area (Å²) in [5.74, 6) is -0.648. The Morgan fingerprint density at radius 3 is 2.62 bits per heavy atom. The highest BCUT2D eigenvalue weighted by molar-refractivity contribution is 7.90. The lowest BCUT2D eigenvalue weighted by atomic mass is 10.0. The molecule has 0 amide bonds. The zero-order valence-corrected chi connectivity index (χ0v) is 12.0. The van der Waals surface area contributed by atoms with Crippen molar-refractivity contribution in [2.24, 2.45) is 0 Å². The predicted octanol–water partition coefficient (Wildman–Crippen LogP) is 1.94. The SMILES string of the molecule is O=S(=O)(Nc1ccc(F)nc1)N1CCc2ccccc2C1. The summed E-state index contributed by atoms with van der Waals surface area (Å²) in [5.41, 5.74) is 2.43. The quantitative estimate of drug-likeness (QED) is 0.882. The summed E-state index contributed by atoms with van der Waals surface area (Å²) in [6.45, 7) is 0.751. The number of halogens is 1. The number of fused-ring (bicyclic) bond motifs is 1. The molecule has 0 saturated heterocycles. The van der Waals surface area contributed by atoms with E-state index in [0.717, 1.165) is 17.8 Å². The van der Waals surface area contributed by atoms with Gasteiger partial charge in [-0.05, 0) is 29.7 Å². The number of hydrogen-bond acceptors (Lipinski definition) is 3. The van der Waals surface area contributed by atoms with Gasteiger partial charge in [0.2, 0.25) is 5.95 Å². The van der Waals surface area contributed by atoms with Crippen molar-refractivity contribution in [2.45, 2.75) is 13.0 Å². The Kier molecular flexibility index (Phi) is 3.60. The van der Waals surface area contributed by atoms with Crippen LogP contribution >= 0.6 is 0 Å². The minimum Gasteiger partial charge on any atom is -0.269 e. The van der Waals surface area contributed by atoms with Crippen molar-refractivity contribution < 1.29 is 12.8 Å². The highest BCUT2D eigenvalue weighted by atomic mass is 32.2. The van der Waals surface area contributed by atoms with Gasteiger partial charge in [0.05, 0.1) is 11.9 Å². The zero-order chi connectivity index (χ0) is 14.9. The van der Waals surface area contributed by atoms with E-state index < -0.39 is 16.2 Å². The standard InChI is InChI=1S/C14H14FN3O2S/c15-14-6-5-13(9-16-14)17-21(19,20)18-8-7-11-3-1-2-4-12(11)10-18/h1-6,9,17H,7-8,10H2. The maximum atomic E-state index is 12.7. The number of aromatic nitrogens is 1.